The third-order valence-electron chi connectivity index (χ3n) is 16.3. The van der Waals surface area contributed by atoms with E-state index < -0.39 is 114 Å². The number of likely N-dealkylation sites (tertiary alicyclic amines) is 2. The van der Waals surface area contributed by atoms with Crippen molar-refractivity contribution in [2.24, 2.45) is 17.6 Å². The number of aliphatic hydroxyl groups excluding tert-OH is 6. The molecule has 4 heterocycles. The maximum atomic E-state index is 14.8. The molecule has 508 valence electrons. The van der Waals surface area contributed by atoms with Gasteiger partial charge in [-0.1, -0.05) is 40.2 Å². The molecular formula is C60H100N12O16S2. The third kappa shape index (κ3) is 27.2. The van der Waals surface area contributed by atoms with E-state index in [1.54, 1.807) is 11.8 Å². The fraction of sp³-hybridized carbons (Fsp3) is 0.750. The van der Waals surface area contributed by atoms with Gasteiger partial charge < -0.3 is 83.8 Å². The lowest BCUT2D eigenvalue weighted by atomic mass is 9.85. The highest BCUT2D eigenvalue weighted by Crippen LogP contribution is 2.26. The minimum atomic E-state index is -1.60. The van der Waals surface area contributed by atoms with Crippen molar-refractivity contribution < 1.29 is 78.6 Å². The second-order valence-electron chi connectivity index (χ2n) is 24.1. The Labute approximate surface area is 536 Å². The summed E-state index contributed by atoms with van der Waals surface area (Å²) >= 11 is 2.86. The molecule has 16 N–H and O–H groups in total. The van der Waals surface area contributed by atoms with Crippen LogP contribution in [0.25, 0.3) is 0 Å². The van der Waals surface area contributed by atoms with Crippen LogP contribution in [0.5, 0.6) is 0 Å². The summed E-state index contributed by atoms with van der Waals surface area (Å²) in [5.41, 5.74) is 5.52. The van der Waals surface area contributed by atoms with Crippen LogP contribution in [0.3, 0.4) is 0 Å². The molecule has 1 aromatic rings. The Bertz CT molecular complexity index is 2490. The molecule has 10 amide bonds. The molecule has 4 rings (SSSR count). The maximum absolute atomic E-state index is 14.8. The number of primary amides is 1. The van der Waals surface area contributed by atoms with Crippen molar-refractivity contribution in [1.82, 2.24) is 57.3 Å². The predicted octanol–water partition coefficient (Wildman–Crippen LogP) is -2.30. The molecule has 0 radical (unpaired) electrons. The number of fused-ring (bicyclic) bond motifs is 2. The van der Waals surface area contributed by atoms with E-state index in [0.29, 0.717) is 75.4 Å². The molecule has 1 unspecified atom stereocenters. The molecule has 2 fully saturated rings. The second kappa shape index (κ2) is 40.3. The van der Waals surface area contributed by atoms with Crippen LogP contribution in [0.15, 0.2) is 18.2 Å². The smallest absolute Gasteiger partial charge is 0.246 e. The summed E-state index contributed by atoms with van der Waals surface area (Å²) in [6, 6.07) is 0.751. The average Bonchev–Trinajstić information content (AvgIpc) is 1.67. The number of carbonyl (C=O) groups is 10. The third-order valence-corrected chi connectivity index (χ3v) is 18.4. The van der Waals surface area contributed by atoms with Crippen LogP contribution >= 0.6 is 23.5 Å². The summed E-state index contributed by atoms with van der Waals surface area (Å²) in [6.45, 7) is 7.49. The maximum Gasteiger partial charge on any atom is 0.246 e. The van der Waals surface area contributed by atoms with Crippen LogP contribution in [0.2, 0.25) is 0 Å². The number of nitrogens with two attached hydrogens (primary N) is 1. The summed E-state index contributed by atoms with van der Waals surface area (Å²) in [5, 5.41) is 79.7. The summed E-state index contributed by atoms with van der Waals surface area (Å²) < 4.78 is 0. The first-order valence-electron chi connectivity index (χ1n) is 31.6. The van der Waals surface area contributed by atoms with E-state index in [0.717, 1.165) is 11.4 Å². The average molecular weight is 1310 g/mol. The van der Waals surface area contributed by atoms with Gasteiger partial charge >= 0.3 is 0 Å². The number of nitrogens with zero attached hydrogens (tertiary/aromatic N) is 3. The monoisotopic (exact) mass is 1310 g/mol. The SMILES string of the molecule is CC[C@H](C)[C@@H]1NC(=O)[C@H](CC(C)C)NC(=O)C2(CCN(C(=O)CCCC(=O)NCC[C@@H](O)[C@H](O)[C@H](O)CO)CC2)NC(=O)CCSCc2cccc(n2)CSC[C@@H](C(=O)NC2CCN(CC(=O)NC(CCC(=O)NCCCC[C@H](O)CO)C(N)=O)CC2)NC1=O. The van der Waals surface area contributed by atoms with E-state index in [4.69, 9.17) is 20.9 Å². The molecule has 28 nitrogen and oxygen atoms in total. The first-order valence-corrected chi connectivity index (χ1v) is 33.9. The van der Waals surface area contributed by atoms with Gasteiger partial charge in [-0.05, 0) is 94.6 Å². The van der Waals surface area contributed by atoms with Gasteiger partial charge in [0.25, 0.3) is 0 Å². The molecule has 1 spiro atoms. The van der Waals surface area contributed by atoms with Crippen LogP contribution in [-0.2, 0) is 59.5 Å². The number of piperidine rings is 2. The Morgan fingerprint density at radius 3 is 2.08 bits per heavy atom. The van der Waals surface area contributed by atoms with Crippen molar-refractivity contribution in [3.05, 3.63) is 29.6 Å². The number of aromatic nitrogens is 1. The van der Waals surface area contributed by atoms with Crippen molar-refractivity contribution in [2.75, 3.05) is 70.5 Å². The number of carbonyl (C=O) groups excluding carboxylic acids is 10. The standard InChI is InChI=1S/C60H100N12O16S2/c1-5-38(4)53-58(87)67-45(57(86)65-39-18-25-71(26-19-39)31-51(81)66-43(55(61)84)15-16-49(79)62-23-7-6-12-42(75)32-73)36-90-35-41-11-8-10-40(64-41)34-89-29-20-50(80)70-60(59(88)68-44(30-37(2)3)56(85)69-53)21-27-72(28-22-60)52(82)14-9-13-48(78)63-24-17-46(76)54(83)47(77)33-74/h8,10-11,37-39,42-47,53-54,73-77,83H,5-7,9,12-36H2,1-4H3,(H2,61,84)(H,62,79)(H,63,78)(H,65,86)(H,66,81)(H,67,87)(H,68,88)(H,69,85)(H,70,80)/t38-,42-,43?,44-,45-,46+,47+,53-,54-/m0/s1. The van der Waals surface area contributed by atoms with Gasteiger partial charge in [0.05, 0.1) is 43.4 Å². The van der Waals surface area contributed by atoms with E-state index >= 15 is 0 Å². The molecule has 0 aromatic carbocycles. The summed E-state index contributed by atoms with van der Waals surface area (Å²) in [4.78, 5) is 144. The molecule has 1 aromatic heterocycles. The number of hydrogen-bond acceptors (Lipinski definition) is 20. The van der Waals surface area contributed by atoms with Crippen molar-refractivity contribution >= 4 is 82.6 Å². The molecule has 90 heavy (non-hydrogen) atoms. The lowest BCUT2D eigenvalue weighted by Gasteiger charge is -2.42. The lowest BCUT2D eigenvalue weighted by Crippen LogP contribution is -2.66. The Kier molecular flexibility index (Phi) is 34.3. The van der Waals surface area contributed by atoms with E-state index in [1.165, 1.54) is 23.5 Å². The molecule has 0 aliphatic carbocycles. The van der Waals surface area contributed by atoms with Crippen LogP contribution in [0.1, 0.15) is 142 Å². The Balaban J connectivity index is 1.44. The zero-order valence-electron chi connectivity index (χ0n) is 52.6. The number of hydrogen-bond donors (Lipinski definition) is 15. The number of pyridine rings is 1. The van der Waals surface area contributed by atoms with Crippen LogP contribution in [0, 0.1) is 11.8 Å². The largest absolute Gasteiger partial charge is 0.394 e. The number of aliphatic hydroxyl groups is 6. The van der Waals surface area contributed by atoms with E-state index in [2.05, 4.69) is 42.5 Å². The first-order chi connectivity index (χ1) is 42.9. The Morgan fingerprint density at radius 2 is 1.43 bits per heavy atom. The highest BCUT2D eigenvalue weighted by molar-refractivity contribution is 7.98. The zero-order chi connectivity index (χ0) is 66.3. The minimum Gasteiger partial charge on any atom is -0.394 e. The van der Waals surface area contributed by atoms with Gasteiger partial charge in [0.1, 0.15) is 41.9 Å². The number of unbranched alkanes of at least 4 members (excludes halogenated alkanes) is 1. The van der Waals surface area contributed by atoms with Gasteiger partial charge in [-0.3, -0.25) is 57.8 Å². The summed E-state index contributed by atoms with van der Waals surface area (Å²) in [7, 11) is 0. The number of nitrogens with one attached hydrogen (secondary N) is 8. The zero-order valence-corrected chi connectivity index (χ0v) is 54.2. The molecule has 0 saturated carbocycles. The number of thioether (sulfide) groups is 2. The van der Waals surface area contributed by atoms with Gasteiger partial charge in [-0.15, -0.1) is 0 Å². The van der Waals surface area contributed by atoms with Gasteiger partial charge in [-0.2, -0.15) is 23.5 Å². The van der Waals surface area contributed by atoms with Crippen LogP contribution in [-0.4, -0.2) is 235 Å². The summed E-state index contributed by atoms with van der Waals surface area (Å²) in [5.74, 6) is -4.29. The number of amides is 10. The fourth-order valence-electron chi connectivity index (χ4n) is 10.6. The lowest BCUT2D eigenvalue weighted by molar-refractivity contribution is -0.141. The fourth-order valence-corrected chi connectivity index (χ4v) is 12.4. The molecular weight excluding hydrogens is 1210 g/mol. The topological polar surface area (TPSA) is 434 Å². The van der Waals surface area contributed by atoms with Crippen LogP contribution in [0.4, 0.5) is 0 Å². The molecule has 2 bridgehead atoms. The molecule has 30 heteroatoms. The van der Waals surface area contributed by atoms with Crippen LogP contribution < -0.4 is 48.3 Å². The Hall–Kier alpha value is -5.73. The highest BCUT2D eigenvalue weighted by atomic mass is 32.2. The second-order valence-corrected chi connectivity index (χ2v) is 26.3. The molecule has 3 aliphatic heterocycles. The van der Waals surface area contributed by atoms with E-state index in [9.17, 15) is 68.4 Å². The highest BCUT2D eigenvalue weighted by Gasteiger charge is 2.45. The van der Waals surface area contributed by atoms with Crippen molar-refractivity contribution in [3.63, 3.8) is 0 Å². The van der Waals surface area contributed by atoms with Gasteiger partial charge in [-0.25, -0.2) is 0 Å². The van der Waals surface area contributed by atoms with Crippen molar-refractivity contribution in [1.29, 1.82) is 0 Å². The predicted molar refractivity (Wildman–Crippen MR) is 337 cm³/mol. The first kappa shape index (κ1) is 76.7. The Morgan fingerprint density at radius 1 is 0.767 bits per heavy atom. The quantitative estimate of drug-likeness (QED) is 0.0375. The molecule has 3 aliphatic rings. The molecule has 2 saturated heterocycles. The normalized spacial score (nSPS) is 21.5. The van der Waals surface area contributed by atoms with Gasteiger partial charge in [0.2, 0.25) is 59.1 Å². The summed E-state index contributed by atoms with van der Waals surface area (Å²) in [6.07, 6.45) is -2.25. The van der Waals surface area contributed by atoms with E-state index in [-0.39, 0.29) is 127 Å². The number of rotatable bonds is 29. The van der Waals surface area contributed by atoms with Crippen molar-refractivity contribution in [2.45, 2.75) is 202 Å². The van der Waals surface area contributed by atoms with Gasteiger partial charge in [0.15, 0.2) is 0 Å². The molecule has 9 atom stereocenters. The minimum absolute atomic E-state index is 0.00148. The van der Waals surface area contributed by atoms with Crippen molar-refractivity contribution in [3.8, 4) is 0 Å². The van der Waals surface area contributed by atoms with E-state index in [1.807, 2.05) is 43.9 Å². The van der Waals surface area contributed by atoms with Gasteiger partial charge in [0, 0.05) is 94.0 Å².